The predicted molar refractivity (Wildman–Crippen MR) is 136 cm³/mol. The highest BCUT2D eigenvalue weighted by Crippen LogP contribution is 2.25. The molecular formula is C28H39F3N2O4. The van der Waals surface area contributed by atoms with Crippen molar-refractivity contribution in [2.45, 2.75) is 96.9 Å². The number of unbranched alkanes of at least 4 members (excludes halogenated alkanes) is 5. The molecule has 0 saturated heterocycles. The van der Waals surface area contributed by atoms with Gasteiger partial charge in [-0.1, -0.05) is 70.2 Å². The van der Waals surface area contributed by atoms with E-state index in [1.165, 1.54) is 50.1 Å². The van der Waals surface area contributed by atoms with E-state index in [1.807, 2.05) is 26.0 Å². The number of esters is 1. The summed E-state index contributed by atoms with van der Waals surface area (Å²) < 4.78 is 55.0. The summed E-state index contributed by atoms with van der Waals surface area (Å²) in [6.45, 7) is 4.98. The van der Waals surface area contributed by atoms with Crippen LogP contribution >= 0.6 is 0 Å². The molecule has 9 heteroatoms. The van der Waals surface area contributed by atoms with Gasteiger partial charge in [0.2, 0.25) is 6.10 Å². The zero-order valence-electron chi connectivity index (χ0n) is 22.1. The van der Waals surface area contributed by atoms with Crippen LogP contribution < -0.4 is 4.74 Å². The molecule has 0 radical (unpaired) electrons. The minimum atomic E-state index is -4.79. The Labute approximate surface area is 217 Å². The molecule has 1 heterocycles. The molecule has 1 aromatic heterocycles. The number of rotatable bonds is 17. The first-order valence-corrected chi connectivity index (χ1v) is 13.1. The van der Waals surface area contributed by atoms with Crippen molar-refractivity contribution in [2.24, 2.45) is 0 Å². The Balaban J connectivity index is 1.83. The minimum Gasteiger partial charge on any atom is -0.459 e. The lowest BCUT2D eigenvalue weighted by Crippen LogP contribution is -2.39. The van der Waals surface area contributed by atoms with Crippen LogP contribution in [0.3, 0.4) is 0 Å². The van der Waals surface area contributed by atoms with Gasteiger partial charge < -0.3 is 14.2 Å². The van der Waals surface area contributed by atoms with Crippen LogP contribution in [0.15, 0.2) is 36.7 Å². The van der Waals surface area contributed by atoms with E-state index in [9.17, 15) is 18.0 Å². The summed E-state index contributed by atoms with van der Waals surface area (Å²) in [6.07, 6.45) is 4.69. The van der Waals surface area contributed by atoms with Crippen LogP contribution in [0.2, 0.25) is 0 Å². The molecule has 0 aliphatic rings. The second kappa shape index (κ2) is 16.2. The molecule has 0 amide bonds. The molecule has 0 aliphatic carbocycles. The number of nitrogens with zero attached hydrogens (tertiary/aromatic N) is 2. The lowest BCUT2D eigenvalue weighted by Gasteiger charge is -2.20. The van der Waals surface area contributed by atoms with Gasteiger partial charge in [0.15, 0.2) is 0 Å². The van der Waals surface area contributed by atoms with E-state index in [0.717, 1.165) is 30.4 Å². The van der Waals surface area contributed by atoms with Crippen molar-refractivity contribution in [1.82, 2.24) is 9.97 Å². The topological polar surface area (TPSA) is 70.5 Å². The fourth-order valence-corrected chi connectivity index (χ4v) is 3.54. The summed E-state index contributed by atoms with van der Waals surface area (Å²) >= 11 is 0. The Morgan fingerprint density at radius 2 is 1.59 bits per heavy atom. The SMILES string of the molecule is CCCCCCCCc1ccc(-c2cnc(OCC(OC(=O)CCOC(C)CC)C(F)(F)F)nc2)cc1. The van der Waals surface area contributed by atoms with Gasteiger partial charge in [-0.2, -0.15) is 13.2 Å². The number of ether oxygens (including phenoxy) is 3. The minimum absolute atomic E-state index is 0.0100. The lowest BCUT2D eigenvalue weighted by molar-refractivity contribution is -0.227. The first-order valence-electron chi connectivity index (χ1n) is 13.1. The summed E-state index contributed by atoms with van der Waals surface area (Å²) in [7, 11) is 0. The van der Waals surface area contributed by atoms with Crippen molar-refractivity contribution < 1.29 is 32.2 Å². The standard InChI is InChI=1S/C28H39F3N2O4/c1-4-6-7-8-9-10-11-22-12-14-23(15-13-22)24-18-32-27(33-19-24)36-20-25(28(29,30)31)37-26(34)16-17-35-21(3)5-2/h12-15,18-19,21,25H,4-11,16-17,20H2,1-3H3. The summed E-state index contributed by atoms with van der Waals surface area (Å²) in [5.41, 5.74) is 2.89. The van der Waals surface area contributed by atoms with Gasteiger partial charge in [-0.25, -0.2) is 9.97 Å². The fraction of sp³-hybridized carbons (Fsp3) is 0.607. The van der Waals surface area contributed by atoms with Crippen molar-refractivity contribution in [3.05, 3.63) is 42.2 Å². The predicted octanol–water partition coefficient (Wildman–Crippen LogP) is 7.10. The monoisotopic (exact) mass is 524 g/mol. The van der Waals surface area contributed by atoms with Gasteiger partial charge >= 0.3 is 18.2 Å². The van der Waals surface area contributed by atoms with Crippen LogP contribution in [-0.2, 0) is 20.7 Å². The number of hydrogen-bond acceptors (Lipinski definition) is 6. The zero-order valence-corrected chi connectivity index (χ0v) is 22.1. The molecule has 1 aromatic carbocycles. The first-order chi connectivity index (χ1) is 17.7. The molecule has 206 valence electrons. The van der Waals surface area contributed by atoms with Crippen LogP contribution in [0.5, 0.6) is 6.01 Å². The van der Waals surface area contributed by atoms with Crippen molar-refractivity contribution in [3.8, 4) is 17.1 Å². The maximum absolute atomic E-state index is 13.3. The highest BCUT2D eigenvalue weighted by molar-refractivity contribution is 5.69. The van der Waals surface area contributed by atoms with Crippen LogP contribution in [0.4, 0.5) is 13.2 Å². The van der Waals surface area contributed by atoms with E-state index in [2.05, 4.69) is 33.8 Å². The quantitative estimate of drug-likeness (QED) is 0.162. The van der Waals surface area contributed by atoms with Gasteiger partial charge in [-0.05, 0) is 37.3 Å². The Bertz CT molecular complexity index is 905. The van der Waals surface area contributed by atoms with E-state index in [0.29, 0.717) is 0 Å². The van der Waals surface area contributed by atoms with Crippen molar-refractivity contribution in [1.29, 1.82) is 0 Å². The fourth-order valence-electron chi connectivity index (χ4n) is 3.54. The highest BCUT2D eigenvalue weighted by atomic mass is 19.4. The number of aromatic nitrogens is 2. The van der Waals surface area contributed by atoms with Gasteiger partial charge in [0.1, 0.15) is 6.61 Å². The van der Waals surface area contributed by atoms with Gasteiger partial charge in [0.25, 0.3) is 0 Å². The molecule has 0 spiro atoms. The molecule has 0 bridgehead atoms. The third-order valence-corrected chi connectivity index (χ3v) is 6.02. The van der Waals surface area contributed by atoms with E-state index < -0.39 is 24.9 Å². The number of halogens is 3. The summed E-state index contributed by atoms with van der Waals surface area (Å²) in [6, 6.07) is 7.88. The summed E-state index contributed by atoms with van der Waals surface area (Å²) in [4.78, 5) is 19.9. The van der Waals surface area contributed by atoms with Crippen LogP contribution in [0, 0.1) is 0 Å². The molecule has 2 rings (SSSR count). The molecule has 0 N–H and O–H groups in total. The number of alkyl halides is 3. The van der Waals surface area contributed by atoms with Gasteiger partial charge in [-0.3, -0.25) is 4.79 Å². The van der Waals surface area contributed by atoms with E-state index in [-0.39, 0.29) is 25.1 Å². The average molecular weight is 525 g/mol. The number of carbonyl (C=O) groups is 1. The van der Waals surface area contributed by atoms with Gasteiger partial charge in [0, 0.05) is 18.0 Å². The zero-order chi connectivity index (χ0) is 27.1. The Morgan fingerprint density at radius 3 is 2.22 bits per heavy atom. The highest BCUT2D eigenvalue weighted by Gasteiger charge is 2.43. The maximum Gasteiger partial charge on any atom is 0.428 e. The van der Waals surface area contributed by atoms with Crippen molar-refractivity contribution >= 4 is 5.97 Å². The maximum atomic E-state index is 13.3. The lowest BCUT2D eigenvalue weighted by atomic mass is 10.0. The Hall–Kier alpha value is -2.68. The normalized spacial score (nSPS) is 13.2. The summed E-state index contributed by atoms with van der Waals surface area (Å²) in [5, 5.41) is 0. The van der Waals surface area contributed by atoms with E-state index in [4.69, 9.17) is 9.47 Å². The Morgan fingerprint density at radius 1 is 0.946 bits per heavy atom. The van der Waals surface area contributed by atoms with Gasteiger partial charge in [0.05, 0.1) is 19.1 Å². The van der Waals surface area contributed by atoms with Crippen molar-refractivity contribution in [3.63, 3.8) is 0 Å². The molecule has 0 aliphatic heterocycles. The average Bonchev–Trinajstić information content (AvgIpc) is 2.88. The second-order valence-electron chi connectivity index (χ2n) is 9.14. The van der Waals surface area contributed by atoms with E-state index in [1.54, 1.807) is 0 Å². The van der Waals surface area contributed by atoms with Crippen LogP contribution in [-0.4, -0.2) is 47.5 Å². The Kier molecular flexibility index (Phi) is 13.4. The molecule has 2 aromatic rings. The van der Waals surface area contributed by atoms with Crippen molar-refractivity contribution in [2.75, 3.05) is 13.2 Å². The summed E-state index contributed by atoms with van der Waals surface area (Å²) in [5.74, 6) is -1.01. The molecule has 6 nitrogen and oxygen atoms in total. The van der Waals surface area contributed by atoms with E-state index >= 15 is 0 Å². The second-order valence-corrected chi connectivity index (χ2v) is 9.14. The molecule has 0 fully saturated rings. The van der Waals surface area contributed by atoms with Crippen LogP contribution in [0.25, 0.3) is 11.1 Å². The smallest absolute Gasteiger partial charge is 0.428 e. The molecule has 2 atom stereocenters. The largest absolute Gasteiger partial charge is 0.459 e. The van der Waals surface area contributed by atoms with Crippen LogP contribution in [0.1, 0.15) is 77.7 Å². The first kappa shape index (κ1) is 30.5. The third kappa shape index (κ3) is 11.9. The number of aryl methyl sites for hydroxylation is 1. The molecular weight excluding hydrogens is 485 g/mol. The number of carbonyl (C=O) groups excluding carboxylic acids is 1. The van der Waals surface area contributed by atoms with Gasteiger partial charge in [-0.15, -0.1) is 0 Å². The molecule has 2 unspecified atom stereocenters. The number of hydrogen-bond donors (Lipinski definition) is 0. The molecule has 0 saturated carbocycles. The molecule has 37 heavy (non-hydrogen) atoms. The number of benzene rings is 1. The third-order valence-electron chi connectivity index (χ3n) is 6.02.